The Morgan fingerprint density at radius 3 is 2.78 bits per heavy atom. The van der Waals surface area contributed by atoms with Crippen LogP contribution in [0.3, 0.4) is 0 Å². The molecule has 0 atom stereocenters. The predicted octanol–water partition coefficient (Wildman–Crippen LogP) is 2.47. The summed E-state index contributed by atoms with van der Waals surface area (Å²) < 4.78 is 42.6. The SMILES string of the molecule is CCOC1CC(Nc2nccc(C(F)(F)F)n2)C1. The summed E-state index contributed by atoms with van der Waals surface area (Å²) >= 11 is 0. The smallest absolute Gasteiger partial charge is 0.378 e. The minimum absolute atomic E-state index is 0.0183. The van der Waals surface area contributed by atoms with Gasteiger partial charge in [0.05, 0.1) is 6.10 Å². The number of hydrogen-bond donors (Lipinski definition) is 1. The van der Waals surface area contributed by atoms with Crippen molar-refractivity contribution >= 4 is 5.95 Å². The summed E-state index contributed by atoms with van der Waals surface area (Å²) in [4.78, 5) is 7.23. The monoisotopic (exact) mass is 261 g/mol. The van der Waals surface area contributed by atoms with E-state index in [1.165, 1.54) is 0 Å². The third kappa shape index (κ3) is 3.10. The molecule has 18 heavy (non-hydrogen) atoms. The van der Waals surface area contributed by atoms with Crippen molar-refractivity contribution in [2.24, 2.45) is 0 Å². The van der Waals surface area contributed by atoms with Gasteiger partial charge in [-0.3, -0.25) is 0 Å². The van der Waals surface area contributed by atoms with E-state index in [9.17, 15) is 13.2 Å². The number of aromatic nitrogens is 2. The number of alkyl halides is 3. The fraction of sp³-hybridized carbons (Fsp3) is 0.636. The number of rotatable bonds is 4. The number of ether oxygens (including phenoxy) is 1. The first-order valence-electron chi connectivity index (χ1n) is 5.77. The zero-order valence-electron chi connectivity index (χ0n) is 9.87. The minimum Gasteiger partial charge on any atom is -0.378 e. The maximum Gasteiger partial charge on any atom is 0.433 e. The normalized spacial score (nSPS) is 23.6. The van der Waals surface area contributed by atoms with E-state index < -0.39 is 11.9 Å². The zero-order chi connectivity index (χ0) is 13.2. The van der Waals surface area contributed by atoms with Gasteiger partial charge in [-0.15, -0.1) is 0 Å². The van der Waals surface area contributed by atoms with Crippen molar-refractivity contribution in [3.8, 4) is 0 Å². The van der Waals surface area contributed by atoms with E-state index in [2.05, 4.69) is 15.3 Å². The standard InChI is InChI=1S/C11H14F3N3O/c1-2-18-8-5-7(6-8)16-10-15-4-3-9(17-10)11(12,13)14/h3-4,7-8H,2,5-6H2,1H3,(H,15,16,17). The summed E-state index contributed by atoms with van der Waals surface area (Å²) in [6.45, 7) is 2.56. The highest BCUT2D eigenvalue weighted by atomic mass is 19.4. The largest absolute Gasteiger partial charge is 0.433 e. The van der Waals surface area contributed by atoms with Crippen molar-refractivity contribution in [3.05, 3.63) is 18.0 Å². The lowest BCUT2D eigenvalue weighted by Gasteiger charge is -2.35. The third-order valence-corrected chi connectivity index (χ3v) is 2.78. The van der Waals surface area contributed by atoms with Gasteiger partial charge in [-0.1, -0.05) is 0 Å². The first kappa shape index (κ1) is 13.1. The van der Waals surface area contributed by atoms with E-state index in [4.69, 9.17) is 4.74 Å². The average Bonchev–Trinajstić information content (AvgIpc) is 2.26. The van der Waals surface area contributed by atoms with Gasteiger partial charge in [0.25, 0.3) is 0 Å². The molecule has 1 aromatic rings. The van der Waals surface area contributed by atoms with Crippen molar-refractivity contribution in [2.75, 3.05) is 11.9 Å². The fourth-order valence-electron chi connectivity index (χ4n) is 1.82. The summed E-state index contributed by atoms with van der Waals surface area (Å²) in [5, 5.41) is 2.88. The molecule has 0 spiro atoms. The van der Waals surface area contributed by atoms with Crippen LogP contribution in [0.4, 0.5) is 19.1 Å². The molecule has 1 N–H and O–H groups in total. The van der Waals surface area contributed by atoms with Crippen LogP contribution in [0.1, 0.15) is 25.5 Å². The molecular weight excluding hydrogens is 247 g/mol. The van der Waals surface area contributed by atoms with E-state index in [0.717, 1.165) is 25.1 Å². The van der Waals surface area contributed by atoms with Crippen LogP contribution in [0.5, 0.6) is 0 Å². The highest BCUT2D eigenvalue weighted by molar-refractivity contribution is 5.28. The van der Waals surface area contributed by atoms with Crippen LogP contribution in [-0.2, 0) is 10.9 Å². The van der Waals surface area contributed by atoms with Gasteiger partial charge in [0.2, 0.25) is 5.95 Å². The van der Waals surface area contributed by atoms with Crippen LogP contribution >= 0.6 is 0 Å². The highest BCUT2D eigenvalue weighted by Crippen LogP contribution is 2.29. The Labute approximate surface area is 103 Å². The minimum atomic E-state index is -4.44. The maximum absolute atomic E-state index is 12.4. The molecule has 1 saturated carbocycles. The molecular formula is C11H14F3N3O. The summed E-state index contributed by atoms with van der Waals surface area (Å²) in [7, 11) is 0. The molecule has 0 amide bonds. The molecule has 7 heteroatoms. The number of hydrogen-bond acceptors (Lipinski definition) is 4. The molecule has 1 aromatic heterocycles. The molecule has 0 aliphatic heterocycles. The Kier molecular flexibility index (Phi) is 3.70. The Morgan fingerprint density at radius 1 is 1.44 bits per heavy atom. The molecule has 0 aromatic carbocycles. The molecule has 0 saturated heterocycles. The molecule has 4 nitrogen and oxygen atoms in total. The topological polar surface area (TPSA) is 47.0 Å². The van der Waals surface area contributed by atoms with Crippen LogP contribution in [0.2, 0.25) is 0 Å². The molecule has 1 heterocycles. The fourth-order valence-corrected chi connectivity index (χ4v) is 1.82. The van der Waals surface area contributed by atoms with E-state index in [1.54, 1.807) is 0 Å². The molecule has 1 aliphatic carbocycles. The molecule has 1 fully saturated rings. The van der Waals surface area contributed by atoms with Crippen molar-refractivity contribution in [2.45, 2.75) is 38.1 Å². The van der Waals surface area contributed by atoms with Gasteiger partial charge in [-0.2, -0.15) is 13.2 Å². The van der Waals surface area contributed by atoms with E-state index in [0.29, 0.717) is 6.61 Å². The van der Waals surface area contributed by atoms with Gasteiger partial charge in [-0.25, -0.2) is 9.97 Å². The second kappa shape index (κ2) is 5.09. The number of halogens is 3. The van der Waals surface area contributed by atoms with Gasteiger partial charge in [0.15, 0.2) is 0 Å². The Hall–Kier alpha value is -1.37. The van der Waals surface area contributed by atoms with Gasteiger partial charge >= 0.3 is 6.18 Å². The van der Waals surface area contributed by atoms with E-state index in [-0.39, 0.29) is 18.1 Å². The first-order valence-corrected chi connectivity index (χ1v) is 5.77. The van der Waals surface area contributed by atoms with Gasteiger partial charge < -0.3 is 10.1 Å². The van der Waals surface area contributed by atoms with Crippen LogP contribution in [0, 0.1) is 0 Å². The second-order valence-electron chi connectivity index (χ2n) is 4.15. The molecule has 100 valence electrons. The Bertz CT molecular complexity index is 405. The number of nitrogens with one attached hydrogen (secondary N) is 1. The zero-order valence-corrected chi connectivity index (χ0v) is 9.87. The quantitative estimate of drug-likeness (QED) is 0.904. The predicted molar refractivity (Wildman–Crippen MR) is 59.1 cm³/mol. The molecule has 0 bridgehead atoms. The first-order chi connectivity index (χ1) is 8.49. The van der Waals surface area contributed by atoms with Crippen molar-refractivity contribution < 1.29 is 17.9 Å². The lowest BCUT2D eigenvalue weighted by Crippen LogP contribution is -2.41. The molecule has 0 unspecified atom stereocenters. The van der Waals surface area contributed by atoms with Gasteiger partial charge in [0.1, 0.15) is 5.69 Å². The third-order valence-electron chi connectivity index (χ3n) is 2.78. The van der Waals surface area contributed by atoms with E-state index in [1.807, 2.05) is 6.92 Å². The summed E-state index contributed by atoms with van der Waals surface area (Å²) in [5.74, 6) is 0.0183. The second-order valence-corrected chi connectivity index (χ2v) is 4.15. The summed E-state index contributed by atoms with van der Waals surface area (Å²) in [6, 6.07) is 0.944. The Morgan fingerprint density at radius 2 is 2.17 bits per heavy atom. The van der Waals surface area contributed by atoms with Gasteiger partial charge in [0, 0.05) is 18.8 Å². The molecule has 1 aliphatic rings. The van der Waals surface area contributed by atoms with Crippen molar-refractivity contribution in [3.63, 3.8) is 0 Å². The average molecular weight is 261 g/mol. The van der Waals surface area contributed by atoms with Gasteiger partial charge in [-0.05, 0) is 25.8 Å². The van der Waals surface area contributed by atoms with Crippen LogP contribution < -0.4 is 5.32 Å². The van der Waals surface area contributed by atoms with Crippen LogP contribution in [0.25, 0.3) is 0 Å². The molecule has 2 rings (SSSR count). The number of nitrogens with zero attached hydrogens (tertiary/aromatic N) is 2. The molecule has 0 radical (unpaired) electrons. The van der Waals surface area contributed by atoms with Crippen molar-refractivity contribution in [1.82, 2.24) is 9.97 Å². The van der Waals surface area contributed by atoms with Crippen LogP contribution in [-0.4, -0.2) is 28.7 Å². The lowest BCUT2D eigenvalue weighted by atomic mass is 9.89. The Balaban J connectivity index is 1.91. The number of anilines is 1. The van der Waals surface area contributed by atoms with Crippen molar-refractivity contribution in [1.29, 1.82) is 0 Å². The van der Waals surface area contributed by atoms with Crippen LogP contribution in [0.15, 0.2) is 12.3 Å². The van der Waals surface area contributed by atoms with E-state index >= 15 is 0 Å². The highest BCUT2D eigenvalue weighted by Gasteiger charge is 2.34. The maximum atomic E-state index is 12.4. The lowest BCUT2D eigenvalue weighted by molar-refractivity contribution is -0.141. The summed E-state index contributed by atoms with van der Waals surface area (Å²) in [5.41, 5.74) is -0.930. The summed E-state index contributed by atoms with van der Waals surface area (Å²) in [6.07, 6.45) is -1.59.